The van der Waals surface area contributed by atoms with E-state index in [9.17, 15) is 4.39 Å². The van der Waals surface area contributed by atoms with Crippen molar-refractivity contribution in [3.05, 3.63) is 29.9 Å². The third kappa shape index (κ3) is 3.54. The fourth-order valence-electron chi connectivity index (χ4n) is 1.58. The van der Waals surface area contributed by atoms with Crippen LogP contribution in [-0.4, -0.2) is 22.8 Å². The van der Waals surface area contributed by atoms with Crippen molar-refractivity contribution < 1.29 is 13.5 Å². The molecule has 0 radical (unpaired) electrons. The maximum atomic E-state index is 13.6. The van der Waals surface area contributed by atoms with Crippen molar-refractivity contribution in [2.75, 3.05) is 7.11 Å². The lowest BCUT2D eigenvalue weighted by Gasteiger charge is -2.18. The van der Waals surface area contributed by atoms with Crippen LogP contribution in [0, 0.1) is 5.82 Å². The monoisotopic (exact) mass is 279 g/mol. The predicted octanol–water partition coefficient (Wildman–Crippen LogP) is 2.77. The molecule has 108 valence electrons. The number of aromatic nitrogens is 2. The van der Waals surface area contributed by atoms with Crippen LogP contribution in [0.3, 0.4) is 0 Å². The second-order valence-corrected chi connectivity index (χ2v) is 5.45. The summed E-state index contributed by atoms with van der Waals surface area (Å²) in [5.74, 6) is 0.476. The molecule has 0 unspecified atom stereocenters. The van der Waals surface area contributed by atoms with Gasteiger partial charge in [0.2, 0.25) is 11.8 Å². The molecule has 0 saturated heterocycles. The normalized spacial score (nSPS) is 11.7. The highest BCUT2D eigenvalue weighted by molar-refractivity contribution is 5.54. The molecular formula is C14H18FN3O2. The third-order valence-corrected chi connectivity index (χ3v) is 2.64. The maximum Gasteiger partial charge on any atom is 0.247 e. The van der Waals surface area contributed by atoms with E-state index in [4.69, 9.17) is 9.15 Å². The van der Waals surface area contributed by atoms with Gasteiger partial charge < -0.3 is 14.5 Å². The Kier molecular flexibility index (Phi) is 4.04. The molecule has 2 aromatic rings. The summed E-state index contributed by atoms with van der Waals surface area (Å²) in [6, 6.07) is 4.52. The number of hydrogen-bond acceptors (Lipinski definition) is 5. The Hall–Kier alpha value is -1.95. The standard InChI is InChI=1S/C14H18FN3O2/c1-14(2,3)16-8-12-17-18-13(20-12)9-5-6-11(19-4)10(15)7-9/h5-7,16H,8H2,1-4H3. The summed E-state index contributed by atoms with van der Waals surface area (Å²) >= 11 is 0. The van der Waals surface area contributed by atoms with Gasteiger partial charge in [0.05, 0.1) is 13.7 Å². The topological polar surface area (TPSA) is 60.2 Å². The summed E-state index contributed by atoms with van der Waals surface area (Å²) in [5, 5.41) is 11.1. The van der Waals surface area contributed by atoms with Crippen LogP contribution in [0.4, 0.5) is 4.39 Å². The van der Waals surface area contributed by atoms with Gasteiger partial charge in [0, 0.05) is 11.1 Å². The molecule has 1 heterocycles. The highest BCUT2D eigenvalue weighted by Crippen LogP contribution is 2.24. The van der Waals surface area contributed by atoms with Crippen molar-refractivity contribution >= 4 is 0 Å². The number of nitrogens with zero attached hydrogens (tertiary/aromatic N) is 2. The van der Waals surface area contributed by atoms with E-state index in [1.54, 1.807) is 6.07 Å². The fraction of sp³-hybridized carbons (Fsp3) is 0.429. The van der Waals surface area contributed by atoms with Crippen LogP contribution < -0.4 is 10.1 Å². The number of methoxy groups -OCH3 is 1. The highest BCUT2D eigenvalue weighted by Gasteiger charge is 2.14. The first-order valence-corrected chi connectivity index (χ1v) is 6.30. The summed E-state index contributed by atoms with van der Waals surface area (Å²) in [6.45, 7) is 6.60. The Morgan fingerprint density at radius 1 is 1.30 bits per heavy atom. The Labute approximate surface area is 117 Å². The van der Waals surface area contributed by atoms with Gasteiger partial charge in [-0.1, -0.05) is 0 Å². The lowest BCUT2D eigenvalue weighted by atomic mass is 10.1. The van der Waals surface area contributed by atoms with Crippen LogP contribution >= 0.6 is 0 Å². The zero-order valence-corrected chi connectivity index (χ0v) is 12.0. The van der Waals surface area contributed by atoms with Crippen molar-refractivity contribution in [3.8, 4) is 17.2 Å². The van der Waals surface area contributed by atoms with Gasteiger partial charge >= 0.3 is 0 Å². The molecule has 6 heteroatoms. The largest absolute Gasteiger partial charge is 0.494 e. The smallest absolute Gasteiger partial charge is 0.247 e. The van der Waals surface area contributed by atoms with Gasteiger partial charge in [-0.3, -0.25) is 0 Å². The van der Waals surface area contributed by atoms with Crippen molar-refractivity contribution in [2.24, 2.45) is 0 Å². The quantitative estimate of drug-likeness (QED) is 0.932. The van der Waals surface area contributed by atoms with Gasteiger partial charge in [-0.15, -0.1) is 10.2 Å². The number of hydrogen-bond donors (Lipinski definition) is 1. The van der Waals surface area contributed by atoms with Crippen molar-refractivity contribution in [1.29, 1.82) is 0 Å². The minimum Gasteiger partial charge on any atom is -0.494 e. The van der Waals surface area contributed by atoms with Crippen LogP contribution in [-0.2, 0) is 6.54 Å². The second-order valence-electron chi connectivity index (χ2n) is 5.45. The second kappa shape index (κ2) is 5.58. The van der Waals surface area contributed by atoms with E-state index in [2.05, 4.69) is 15.5 Å². The molecule has 5 nitrogen and oxygen atoms in total. The average Bonchev–Trinajstić information content (AvgIpc) is 2.84. The molecular weight excluding hydrogens is 261 g/mol. The lowest BCUT2D eigenvalue weighted by molar-refractivity contribution is 0.382. The average molecular weight is 279 g/mol. The van der Waals surface area contributed by atoms with Crippen molar-refractivity contribution in [1.82, 2.24) is 15.5 Å². The zero-order valence-electron chi connectivity index (χ0n) is 12.0. The molecule has 0 aliphatic carbocycles. The molecule has 0 saturated carbocycles. The van der Waals surface area contributed by atoms with Crippen molar-refractivity contribution in [3.63, 3.8) is 0 Å². The predicted molar refractivity (Wildman–Crippen MR) is 72.8 cm³/mol. The minimum atomic E-state index is -0.461. The summed E-state index contributed by atoms with van der Waals surface area (Å²) in [4.78, 5) is 0. The lowest BCUT2D eigenvalue weighted by Crippen LogP contribution is -2.35. The van der Waals surface area contributed by atoms with Gasteiger partial charge in [0.15, 0.2) is 11.6 Å². The van der Waals surface area contributed by atoms with Crippen LogP contribution in [0.1, 0.15) is 26.7 Å². The van der Waals surface area contributed by atoms with Gasteiger partial charge in [0.25, 0.3) is 0 Å². The van der Waals surface area contributed by atoms with E-state index in [0.717, 1.165) is 0 Å². The fourth-order valence-corrected chi connectivity index (χ4v) is 1.58. The molecule has 1 N–H and O–H groups in total. The molecule has 0 atom stereocenters. The van der Waals surface area contributed by atoms with Gasteiger partial charge in [-0.25, -0.2) is 4.39 Å². The van der Waals surface area contributed by atoms with Crippen LogP contribution in [0.25, 0.3) is 11.5 Å². The summed E-state index contributed by atoms with van der Waals surface area (Å²) in [6.07, 6.45) is 0. The maximum absolute atomic E-state index is 13.6. The van der Waals surface area contributed by atoms with Crippen molar-refractivity contribution in [2.45, 2.75) is 32.9 Å². The first-order chi connectivity index (χ1) is 9.39. The van der Waals surface area contributed by atoms with Gasteiger partial charge in [-0.2, -0.15) is 0 Å². The minimum absolute atomic E-state index is 0.0408. The van der Waals surface area contributed by atoms with E-state index >= 15 is 0 Å². The summed E-state index contributed by atoms with van der Waals surface area (Å²) in [5.41, 5.74) is 0.485. The van der Waals surface area contributed by atoms with E-state index in [1.165, 1.54) is 19.2 Å². The number of benzene rings is 1. The Morgan fingerprint density at radius 2 is 2.05 bits per heavy atom. The van der Waals surface area contributed by atoms with E-state index in [0.29, 0.717) is 18.0 Å². The molecule has 20 heavy (non-hydrogen) atoms. The molecule has 0 amide bonds. The van der Waals surface area contributed by atoms with E-state index in [-0.39, 0.29) is 17.2 Å². The molecule has 1 aromatic heterocycles. The Balaban J connectivity index is 2.14. The van der Waals surface area contributed by atoms with Gasteiger partial charge in [0.1, 0.15) is 0 Å². The number of nitrogens with one attached hydrogen (secondary N) is 1. The number of rotatable bonds is 4. The molecule has 1 aromatic carbocycles. The zero-order chi connectivity index (χ0) is 14.8. The first-order valence-electron chi connectivity index (χ1n) is 6.30. The number of ether oxygens (including phenoxy) is 1. The summed E-state index contributed by atoms with van der Waals surface area (Å²) < 4.78 is 24.0. The molecule has 0 bridgehead atoms. The van der Waals surface area contributed by atoms with Crippen LogP contribution in [0.15, 0.2) is 22.6 Å². The van der Waals surface area contributed by atoms with E-state index in [1.807, 2.05) is 20.8 Å². The van der Waals surface area contributed by atoms with Crippen LogP contribution in [0.2, 0.25) is 0 Å². The molecule has 0 aliphatic heterocycles. The highest BCUT2D eigenvalue weighted by atomic mass is 19.1. The Morgan fingerprint density at radius 3 is 2.65 bits per heavy atom. The van der Waals surface area contributed by atoms with E-state index < -0.39 is 5.82 Å². The van der Waals surface area contributed by atoms with Crippen LogP contribution in [0.5, 0.6) is 5.75 Å². The molecule has 0 spiro atoms. The first kappa shape index (κ1) is 14.5. The third-order valence-electron chi connectivity index (χ3n) is 2.64. The molecule has 0 aliphatic rings. The van der Waals surface area contributed by atoms with Gasteiger partial charge in [-0.05, 0) is 39.0 Å². The molecule has 2 rings (SSSR count). The molecule has 0 fully saturated rings. The SMILES string of the molecule is COc1ccc(-c2nnc(CNC(C)(C)C)o2)cc1F. The Bertz CT molecular complexity index is 590. The number of halogens is 1. The summed E-state index contributed by atoms with van der Waals surface area (Å²) in [7, 11) is 1.42.